The van der Waals surface area contributed by atoms with Crippen molar-refractivity contribution < 1.29 is 9.47 Å². The molecule has 1 atom stereocenters. The Morgan fingerprint density at radius 1 is 1.73 bits per heavy atom. The third-order valence-electron chi connectivity index (χ3n) is 1.18. The Morgan fingerprint density at radius 3 is 2.91 bits per heavy atom. The minimum Gasteiger partial charge on any atom is -0.460 e. The lowest BCUT2D eigenvalue weighted by atomic mass is 10.4. The Hall–Kier alpha value is -0.470. The lowest BCUT2D eigenvalue weighted by molar-refractivity contribution is -0.0977. The summed E-state index contributed by atoms with van der Waals surface area (Å²) in [6.45, 7) is 3.92. The Kier molecular flexibility index (Phi) is 2.97. The molecule has 0 bridgehead atoms. The van der Waals surface area contributed by atoms with Crippen molar-refractivity contribution in [1.82, 2.24) is 0 Å². The Labute approximate surface area is 71.4 Å². The maximum Gasteiger partial charge on any atom is 0.220 e. The number of halogens is 1. The van der Waals surface area contributed by atoms with Gasteiger partial charge in [-0.15, -0.1) is 0 Å². The predicted octanol–water partition coefficient (Wildman–Crippen LogP) is 2.40. The highest BCUT2D eigenvalue weighted by molar-refractivity contribution is 6.25. The maximum atomic E-state index is 5.42. The first-order valence-corrected chi connectivity index (χ1v) is 3.96. The summed E-state index contributed by atoms with van der Waals surface area (Å²) in [5, 5.41) is 0. The van der Waals surface area contributed by atoms with E-state index < -0.39 is 0 Å². The van der Waals surface area contributed by atoms with E-state index in [9.17, 15) is 0 Å². The predicted molar refractivity (Wildman–Crippen MR) is 44.2 cm³/mol. The number of hydrogen-bond donors (Lipinski definition) is 0. The summed E-state index contributed by atoms with van der Waals surface area (Å²) < 4.78 is 10.6. The van der Waals surface area contributed by atoms with Crippen LogP contribution < -0.4 is 0 Å². The van der Waals surface area contributed by atoms with E-state index in [-0.39, 0.29) is 12.4 Å². The molecule has 0 fully saturated rings. The highest BCUT2D eigenvalue weighted by atomic mass is 35.5. The first kappa shape index (κ1) is 8.62. The molecule has 0 spiro atoms. The molecule has 1 aliphatic rings. The van der Waals surface area contributed by atoms with Gasteiger partial charge in [0.15, 0.2) is 0 Å². The quantitative estimate of drug-likeness (QED) is 0.640. The van der Waals surface area contributed by atoms with E-state index in [0.29, 0.717) is 5.76 Å². The van der Waals surface area contributed by atoms with E-state index >= 15 is 0 Å². The molecule has 1 unspecified atom stereocenters. The van der Waals surface area contributed by atoms with Crippen LogP contribution in [0.5, 0.6) is 0 Å². The van der Waals surface area contributed by atoms with Gasteiger partial charge in [0.25, 0.3) is 0 Å². The number of ether oxygens (including phenoxy) is 2. The molecule has 0 saturated carbocycles. The zero-order chi connectivity index (χ0) is 8.27. The number of hydrogen-bond acceptors (Lipinski definition) is 2. The van der Waals surface area contributed by atoms with Gasteiger partial charge in [0.05, 0.1) is 6.10 Å². The molecule has 0 aliphatic carbocycles. The highest BCUT2D eigenvalue weighted by Crippen LogP contribution is 2.17. The summed E-state index contributed by atoms with van der Waals surface area (Å²) in [6.07, 6.45) is 3.52. The summed E-state index contributed by atoms with van der Waals surface area (Å²) in [4.78, 5) is 0. The molecule has 3 heteroatoms. The fourth-order valence-corrected chi connectivity index (χ4v) is 0.914. The van der Waals surface area contributed by atoms with Gasteiger partial charge < -0.3 is 9.47 Å². The van der Waals surface area contributed by atoms with Crippen molar-refractivity contribution in [3.63, 3.8) is 0 Å². The minimum atomic E-state index is -0.264. The molecule has 11 heavy (non-hydrogen) atoms. The van der Waals surface area contributed by atoms with Gasteiger partial charge >= 0.3 is 0 Å². The summed E-state index contributed by atoms with van der Waals surface area (Å²) in [7, 11) is 0. The van der Waals surface area contributed by atoms with Crippen LogP contribution in [0.3, 0.4) is 0 Å². The van der Waals surface area contributed by atoms with Gasteiger partial charge in [0, 0.05) is 5.54 Å². The maximum absolute atomic E-state index is 5.42. The molecule has 62 valence electrons. The van der Waals surface area contributed by atoms with Crippen LogP contribution in [0.2, 0.25) is 0 Å². The van der Waals surface area contributed by atoms with E-state index in [4.69, 9.17) is 21.1 Å². The van der Waals surface area contributed by atoms with Crippen LogP contribution in [0.15, 0.2) is 23.4 Å². The van der Waals surface area contributed by atoms with Crippen molar-refractivity contribution in [1.29, 1.82) is 0 Å². The van der Waals surface area contributed by atoms with Crippen molar-refractivity contribution >= 4 is 11.6 Å². The van der Waals surface area contributed by atoms with Crippen LogP contribution in [0.25, 0.3) is 0 Å². The monoisotopic (exact) mass is 174 g/mol. The van der Waals surface area contributed by atoms with Gasteiger partial charge in [-0.3, -0.25) is 0 Å². The Bertz CT molecular complexity index is 185. The van der Waals surface area contributed by atoms with E-state index in [0.717, 1.165) is 0 Å². The first-order chi connectivity index (χ1) is 5.22. The van der Waals surface area contributed by atoms with Crippen molar-refractivity contribution in [2.45, 2.75) is 26.2 Å². The topological polar surface area (TPSA) is 18.5 Å². The molecule has 0 aromatic heterocycles. The molecule has 0 amide bonds. The van der Waals surface area contributed by atoms with E-state index in [1.165, 1.54) is 5.54 Å². The summed E-state index contributed by atoms with van der Waals surface area (Å²) in [5.74, 6) is 0.650. The molecule has 1 aliphatic heterocycles. The number of rotatable bonds is 2. The second-order valence-corrected chi connectivity index (χ2v) is 2.76. The lowest BCUT2D eigenvalue weighted by Gasteiger charge is -2.13. The van der Waals surface area contributed by atoms with Gasteiger partial charge in [-0.1, -0.05) is 11.6 Å². The second-order valence-electron chi connectivity index (χ2n) is 2.54. The van der Waals surface area contributed by atoms with Crippen LogP contribution in [0.1, 0.15) is 13.8 Å². The summed E-state index contributed by atoms with van der Waals surface area (Å²) in [5.41, 5.74) is 1.39. The molecule has 0 aromatic rings. The SMILES string of the molecule is CC(C)OC1C=C/C(=C/Cl)O1. The van der Waals surface area contributed by atoms with Gasteiger partial charge in [-0.2, -0.15) is 0 Å². The minimum absolute atomic E-state index is 0.166. The zero-order valence-corrected chi connectivity index (χ0v) is 7.34. The van der Waals surface area contributed by atoms with Crippen LogP contribution in [0, 0.1) is 0 Å². The molecule has 2 nitrogen and oxygen atoms in total. The standard InChI is InChI=1S/C8H11ClO2/c1-6(2)10-8-4-3-7(5-9)11-8/h3-6,8H,1-2H3/b7-5-. The lowest BCUT2D eigenvalue weighted by Crippen LogP contribution is -2.14. The van der Waals surface area contributed by atoms with Crippen LogP contribution in [0.4, 0.5) is 0 Å². The summed E-state index contributed by atoms with van der Waals surface area (Å²) >= 11 is 5.42. The normalized spacial score (nSPS) is 26.5. The third kappa shape index (κ3) is 2.56. The van der Waals surface area contributed by atoms with Crippen molar-refractivity contribution in [2.75, 3.05) is 0 Å². The van der Waals surface area contributed by atoms with Crippen molar-refractivity contribution in [2.24, 2.45) is 0 Å². The molecule has 0 N–H and O–H groups in total. The van der Waals surface area contributed by atoms with E-state index in [2.05, 4.69) is 0 Å². The van der Waals surface area contributed by atoms with Gasteiger partial charge in [-0.05, 0) is 26.0 Å². The smallest absolute Gasteiger partial charge is 0.220 e. The average molecular weight is 175 g/mol. The number of allylic oxidation sites excluding steroid dienone is 1. The Balaban J connectivity index is 2.38. The largest absolute Gasteiger partial charge is 0.460 e. The molecule has 0 radical (unpaired) electrons. The highest BCUT2D eigenvalue weighted by Gasteiger charge is 2.14. The van der Waals surface area contributed by atoms with E-state index in [1.807, 2.05) is 19.9 Å². The van der Waals surface area contributed by atoms with Crippen LogP contribution in [-0.2, 0) is 9.47 Å². The molecule has 0 aromatic carbocycles. The van der Waals surface area contributed by atoms with Crippen molar-refractivity contribution in [3.05, 3.63) is 23.4 Å². The summed E-state index contributed by atoms with van der Waals surface area (Å²) in [6, 6.07) is 0. The fourth-order valence-electron chi connectivity index (χ4n) is 0.790. The molecule has 0 saturated heterocycles. The van der Waals surface area contributed by atoms with Crippen LogP contribution in [-0.4, -0.2) is 12.4 Å². The fraction of sp³-hybridized carbons (Fsp3) is 0.500. The first-order valence-electron chi connectivity index (χ1n) is 3.53. The Morgan fingerprint density at radius 2 is 2.45 bits per heavy atom. The van der Waals surface area contributed by atoms with Gasteiger partial charge in [0.1, 0.15) is 5.76 Å². The average Bonchev–Trinajstić information content (AvgIpc) is 2.34. The van der Waals surface area contributed by atoms with Gasteiger partial charge in [0.2, 0.25) is 6.29 Å². The zero-order valence-electron chi connectivity index (χ0n) is 6.58. The van der Waals surface area contributed by atoms with Crippen molar-refractivity contribution in [3.8, 4) is 0 Å². The van der Waals surface area contributed by atoms with Gasteiger partial charge in [-0.25, -0.2) is 0 Å². The molecule has 1 heterocycles. The van der Waals surface area contributed by atoms with Crippen LogP contribution >= 0.6 is 11.6 Å². The third-order valence-corrected chi connectivity index (χ3v) is 1.40. The molecular formula is C8H11ClO2. The van der Waals surface area contributed by atoms with E-state index in [1.54, 1.807) is 6.08 Å². The second kappa shape index (κ2) is 3.79. The molecule has 1 rings (SSSR count). The molecular weight excluding hydrogens is 164 g/mol.